The topological polar surface area (TPSA) is 66.9 Å². The zero-order valence-electron chi connectivity index (χ0n) is 24.1. The van der Waals surface area contributed by atoms with E-state index >= 15 is 0 Å². The number of hydrogen-bond donors (Lipinski definition) is 0. The van der Waals surface area contributed by atoms with Gasteiger partial charge in [0, 0.05) is 18.5 Å². The van der Waals surface area contributed by atoms with Crippen molar-refractivity contribution < 1.29 is 22.3 Å². The van der Waals surface area contributed by atoms with Gasteiger partial charge in [-0.2, -0.15) is 4.31 Å². The number of hydrogen-bond acceptors (Lipinski definition) is 4. The molecule has 0 unspecified atom stereocenters. The molecular weight excluding hydrogens is 563 g/mol. The maximum absolute atomic E-state index is 14.7. The molecule has 0 spiro atoms. The summed E-state index contributed by atoms with van der Waals surface area (Å²) in [7, 11) is -2.38. The molecule has 4 aromatic rings. The second-order valence-electron chi connectivity index (χ2n) is 10.6. The molecule has 8 heteroatoms. The summed E-state index contributed by atoms with van der Waals surface area (Å²) in [4.78, 5) is 16.5. The summed E-state index contributed by atoms with van der Waals surface area (Å²) in [5.74, 6) is 0.0414. The van der Waals surface area contributed by atoms with E-state index in [0.29, 0.717) is 18.6 Å². The van der Waals surface area contributed by atoms with Crippen LogP contribution in [0.3, 0.4) is 0 Å². The maximum atomic E-state index is 14.7. The molecule has 5 rings (SSSR count). The van der Waals surface area contributed by atoms with Crippen LogP contribution < -0.4 is 4.74 Å². The highest BCUT2D eigenvalue weighted by Crippen LogP contribution is 2.34. The molecule has 1 amide bonds. The first-order chi connectivity index (χ1) is 20.8. The third kappa shape index (κ3) is 7.58. The van der Waals surface area contributed by atoms with E-state index in [-0.39, 0.29) is 37.3 Å². The van der Waals surface area contributed by atoms with E-state index in [1.807, 2.05) is 84.9 Å². The van der Waals surface area contributed by atoms with E-state index in [1.165, 1.54) is 21.8 Å². The Bertz CT molecular complexity index is 1630. The van der Waals surface area contributed by atoms with Gasteiger partial charge in [0.15, 0.2) is 0 Å². The van der Waals surface area contributed by atoms with Gasteiger partial charge in [-0.25, -0.2) is 12.8 Å². The van der Waals surface area contributed by atoms with Gasteiger partial charge in [-0.3, -0.25) is 4.79 Å². The Morgan fingerprint density at radius 2 is 1.51 bits per heavy atom. The highest BCUT2D eigenvalue weighted by molar-refractivity contribution is 7.92. The molecule has 0 aliphatic carbocycles. The smallest absolute Gasteiger partial charge is 0.242 e. The molecule has 1 saturated heterocycles. The number of methoxy groups -OCH3 is 1. The fourth-order valence-electron chi connectivity index (χ4n) is 5.51. The van der Waals surface area contributed by atoms with Crippen molar-refractivity contribution in [2.45, 2.75) is 37.9 Å². The van der Waals surface area contributed by atoms with Crippen molar-refractivity contribution >= 4 is 22.0 Å². The van der Waals surface area contributed by atoms with Crippen molar-refractivity contribution in [3.63, 3.8) is 0 Å². The Morgan fingerprint density at radius 1 is 0.860 bits per heavy atom. The number of nitrogens with zero attached hydrogens (tertiary/aromatic N) is 2. The van der Waals surface area contributed by atoms with Gasteiger partial charge in [0.25, 0.3) is 0 Å². The lowest BCUT2D eigenvalue weighted by atomic mass is 9.95. The monoisotopic (exact) mass is 598 g/mol. The highest BCUT2D eigenvalue weighted by Gasteiger charge is 2.40. The summed E-state index contributed by atoms with van der Waals surface area (Å²) >= 11 is 0. The molecule has 4 aromatic carbocycles. The molecule has 0 bridgehead atoms. The van der Waals surface area contributed by atoms with Gasteiger partial charge in [-0.1, -0.05) is 84.9 Å². The first-order valence-corrected chi connectivity index (χ1v) is 15.8. The first kappa shape index (κ1) is 30.2. The van der Waals surface area contributed by atoms with Crippen LogP contribution in [0, 0.1) is 5.82 Å². The average molecular weight is 599 g/mol. The Balaban J connectivity index is 1.57. The summed E-state index contributed by atoms with van der Waals surface area (Å²) in [6.45, 7) is 0.399. The molecule has 1 heterocycles. The maximum Gasteiger partial charge on any atom is 0.242 e. The Kier molecular flexibility index (Phi) is 9.69. The van der Waals surface area contributed by atoms with Gasteiger partial charge < -0.3 is 9.64 Å². The molecule has 1 aliphatic heterocycles. The minimum atomic E-state index is -3.98. The van der Waals surface area contributed by atoms with E-state index in [0.717, 1.165) is 22.3 Å². The summed E-state index contributed by atoms with van der Waals surface area (Å²) in [6.07, 6.45) is 2.86. The summed E-state index contributed by atoms with van der Waals surface area (Å²) < 4.78 is 48.3. The van der Waals surface area contributed by atoms with Crippen molar-refractivity contribution in [3.8, 4) is 5.75 Å². The van der Waals surface area contributed by atoms with E-state index in [9.17, 15) is 17.6 Å². The Morgan fingerprint density at radius 3 is 2.16 bits per heavy atom. The molecule has 0 aromatic heterocycles. The van der Waals surface area contributed by atoms with Crippen molar-refractivity contribution in [2.24, 2.45) is 0 Å². The van der Waals surface area contributed by atoms with Crippen LogP contribution in [0.5, 0.6) is 5.75 Å². The van der Waals surface area contributed by atoms with Gasteiger partial charge in [0.2, 0.25) is 15.9 Å². The standard InChI is InChI=1S/C35H35FN2O4S/c1-42-32-20-16-30(17-21-32)33-13-8-23-38(43(40,41)24-22-27-9-4-2-5-10-27)34(25-28-11-6-3-7-12-28)35(39)37(33)26-29-14-18-31(36)19-15-29/h2-7,9-12,14-22,24,33-34H,8,13,23,25-26H2,1H3/b24-22+/t33-,34-/m1/s1. The lowest BCUT2D eigenvalue weighted by Crippen LogP contribution is -2.54. The summed E-state index contributed by atoms with van der Waals surface area (Å²) in [5.41, 5.74) is 3.29. The molecule has 0 saturated carbocycles. The van der Waals surface area contributed by atoms with Crippen LogP contribution in [-0.4, -0.2) is 43.2 Å². The number of carbonyl (C=O) groups excluding carboxylic acids is 1. The van der Waals surface area contributed by atoms with Crippen molar-refractivity contribution in [1.82, 2.24) is 9.21 Å². The minimum absolute atomic E-state index is 0.196. The number of sulfonamides is 1. The first-order valence-electron chi connectivity index (χ1n) is 14.3. The number of ether oxygens (including phenoxy) is 1. The number of rotatable bonds is 9. The van der Waals surface area contributed by atoms with E-state index in [2.05, 4.69) is 0 Å². The zero-order chi connectivity index (χ0) is 30.2. The molecule has 43 heavy (non-hydrogen) atoms. The SMILES string of the molecule is COc1ccc([C@H]2CCCN(S(=O)(=O)/C=C/c3ccccc3)[C@H](Cc3ccccc3)C(=O)N2Cc2ccc(F)cc2)cc1. The van der Waals surface area contributed by atoms with Crippen molar-refractivity contribution in [1.29, 1.82) is 0 Å². The molecule has 1 aliphatic rings. The van der Waals surface area contributed by atoms with Crippen LogP contribution in [0.25, 0.3) is 6.08 Å². The molecule has 222 valence electrons. The fourth-order valence-corrected chi connectivity index (χ4v) is 6.89. The van der Waals surface area contributed by atoms with Gasteiger partial charge in [0.1, 0.15) is 17.6 Å². The lowest BCUT2D eigenvalue weighted by Gasteiger charge is -2.40. The fraction of sp³-hybridized carbons (Fsp3) is 0.229. The van der Waals surface area contributed by atoms with Crippen molar-refractivity contribution in [3.05, 3.63) is 143 Å². The molecule has 0 radical (unpaired) electrons. The second kappa shape index (κ2) is 13.8. The van der Waals surface area contributed by atoms with Crippen LogP contribution in [0.15, 0.2) is 115 Å². The van der Waals surface area contributed by atoms with E-state index < -0.39 is 16.1 Å². The molecule has 0 N–H and O–H groups in total. The number of amides is 1. The number of benzene rings is 4. The summed E-state index contributed by atoms with van der Waals surface area (Å²) in [5, 5.41) is 1.19. The largest absolute Gasteiger partial charge is 0.497 e. The van der Waals surface area contributed by atoms with Crippen LogP contribution in [0.4, 0.5) is 4.39 Å². The minimum Gasteiger partial charge on any atom is -0.497 e. The lowest BCUT2D eigenvalue weighted by molar-refractivity contribution is -0.140. The summed E-state index contributed by atoms with van der Waals surface area (Å²) in [6, 6.07) is 31.1. The third-order valence-electron chi connectivity index (χ3n) is 7.75. The average Bonchev–Trinajstić information content (AvgIpc) is 3.03. The van der Waals surface area contributed by atoms with E-state index in [1.54, 1.807) is 30.2 Å². The van der Waals surface area contributed by atoms with E-state index in [4.69, 9.17) is 4.74 Å². The second-order valence-corrected chi connectivity index (χ2v) is 12.4. The predicted octanol–water partition coefficient (Wildman–Crippen LogP) is 6.61. The highest BCUT2D eigenvalue weighted by atomic mass is 32.2. The van der Waals surface area contributed by atoms with Gasteiger partial charge in [-0.05, 0) is 71.9 Å². The zero-order valence-corrected chi connectivity index (χ0v) is 24.9. The van der Waals surface area contributed by atoms with Crippen LogP contribution in [-0.2, 0) is 27.8 Å². The number of halogens is 1. The Hall–Kier alpha value is -4.27. The molecule has 2 atom stereocenters. The quantitative estimate of drug-likeness (QED) is 0.217. The molecule has 1 fully saturated rings. The van der Waals surface area contributed by atoms with Crippen molar-refractivity contribution in [2.75, 3.05) is 13.7 Å². The molecular formula is C35H35FN2O4S. The third-order valence-corrected chi connectivity index (χ3v) is 9.32. The van der Waals surface area contributed by atoms with Gasteiger partial charge in [-0.15, -0.1) is 0 Å². The Labute approximate surface area is 253 Å². The van der Waals surface area contributed by atoms with Crippen LogP contribution >= 0.6 is 0 Å². The van der Waals surface area contributed by atoms with Crippen LogP contribution in [0.1, 0.15) is 41.1 Å². The number of carbonyl (C=O) groups is 1. The van der Waals surface area contributed by atoms with Crippen LogP contribution in [0.2, 0.25) is 0 Å². The van der Waals surface area contributed by atoms with Gasteiger partial charge in [0.05, 0.1) is 13.2 Å². The predicted molar refractivity (Wildman–Crippen MR) is 167 cm³/mol. The normalized spacial score (nSPS) is 18.4. The molecule has 6 nitrogen and oxygen atoms in total. The van der Waals surface area contributed by atoms with Gasteiger partial charge >= 0.3 is 0 Å².